The molecule has 0 aliphatic rings. The van der Waals surface area contributed by atoms with Gasteiger partial charge in [-0.05, 0) is 25.1 Å². The van der Waals surface area contributed by atoms with E-state index in [1.807, 2.05) is 0 Å². The number of Topliss-reactive ketones (excluding diaryl/α,β-unsaturated/α-hetero) is 1. The van der Waals surface area contributed by atoms with Gasteiger partial charge in [-0.1, -0.05) is 23.2 Å². The minimum Gasteiger partial charge on any atom is -0.314 e. The zero-order chi connectivity index (χ0) is 12.3. The summed E-state index contributed by atoms with van der Waals surface area (Å²) < 4.78 is 0. The first-order chi connectivity index (χ1) is 7.41. The number of carbonyl (C=O) groups excluding carboxylic acids is 2. The Morgan fingerprint density at radius 2 is 1.94 bits per heavy atom. The van der Waals surface area contributed by atoms with E-state index in [-0.39, 0.29) is 18.1 Å². The molecule has 1 amide bonds. The van der Waals surface area contributed by atoms with Gasteiger partial charge in [0.25, 0.3) is 0 Å². The van der Waals surface area contributed by atoms with Crippen LogP contribution in [0, 0.1) is 0 Å². The number of halogens is 2. The fourth-order valence-electron chi connectivity index (χ4n) is 1.22. The lowest BCUT2D eigenvalue weighted by Crippen LogP contribution is -2.27. The van der Waals surface area contributed by atoms with Crippen LogP contribution in [-0.2, 0) is 9.59 Å². The van der Waals surface area contributed by atoms with Crippen molar-refractivity contribution in [1.82, 2.24) is 0 Å². The van der Waals surface area contributed by atoms with Crippen molar-refractivity contribution in [3.8, 4) is 0 Å². The number of benzene rings is 1. The second-order valence-electron chi connectivity index (χ2n) is 3.43. The molecule has 0 saturated heterocycles. The smallest absolute Gasteiger partial charge is 0.234 e. The molecule has 0 unspecified atom stereocenters. The zero-order valence-electron chi connectivity index (χ0n) is 8.96. The lowest BCUT2D eigenvalue weighted by atomic mass is 10.2. The van der Waals surface area contributed by atoms with Gasteiger partial charge < -0.3 is 4.90 Å². The summed E-state index contributed by atoms with van der Waals surface area (Å²) in [5.41, 5.74) is 0.539. The van der Waals surface area contributed by atoms with Crippen molar-refractivity contribution >= 4 is 40.6 Å². The first-order valence-corrected chi connectivity index (χ1v) is 5.38. The first-order valence-electron chi connectivity index (χ1n) is 4.63. The van der Waals surface area contributed by atoms with Gasteiger partial charge in [0.15, 0.2) is 0 Å². The summed E-state index contributed by atoms with van der Waals surface area (Å²) in [5.74, 6) is -0.473. The molecule has 0 aromatic heterocycles. The van der Waals surface area contributed by atoms with Crippen LogP contribution in [-0.4, -0.2) is 18.7 Å². The van der Waals surface area contributed by atoms with E-state index in [9.17, 15) is 9.59 Å². The lowest BCUT2D eigenvalue weighted by molar-refractivity contribution is -0.125. The van der Waals surface area contributed by atoms with Gasteiger partial charge in [-0.15, -0.1) is 0 Å². The third kappa shape index (κ3) is 3.22. The molecule has 3 nitrogen and oxygen atoms in total. The number of ketones is 1. The van der Waals surface area contributed by atoms with Crippen molar-refractivity contribution < 1.29 is 9.59 Å². The second-order valence-corrected chi connectivity index (χ2v) is 4.27. The highest BCUT2D eigenvalue weighted by molar-refractivity contribution is 6.36. The van der Waals surface area contributed by atoms with Crippen molar-refractivity contribution in [2.75, 3.05) is 11.9 Å². The van der Waals surface area contributed by atoms with Crippen LogP contribution < -0.4 is 4.90 Å². The summed E-state index contributed by atoms with van der Waals surface area (Å²) in [4.78, 5) is 23.8. The molecule has 1 rings (SSSR count). The van der Waals surface area contributed by atoms with Gasteiger partial charge in [0.05, 0.1) is 17.1 Å². The highest BCUT2D eigenvalue weighted by Crippen LogP contribution is 2.28. The van der Waals surface area contributed by atoms with Crippen molar-refractivity contribution in [3.05, 3.63) is 28.2 Å². The number of anilines is 1. The van der Waals surface area contributed by atoms with Crippen molar-refractivity contribution in [1.29, 1.82) is 0 Å². The number of hydrogen-bond acceptors (Lipinski definition) is 2. The van der Waals surface area contributed by atoms with Gasteiger partial charge in [-0.2, -0.15) is 0 Å². The van der Waals surface area contributed by atoms with Gasteiger partial charge in [-0.3, -0.25) is 9.59 Å². The normalized spacial score (nSPS) is 10.0. The molecule has 0 heterocycles. The van der Waals surface area contributed by atoms with Crippen LogP contribution >= 0.6 is 23.2 Å². The Morgan fingerprint density at radius 1 is 1.31 bits per heavy atom. The molecular weight excluding hydrogens is 249 g/mol. The molecule has 0 aliphatic carbocycles. The molecular formula is C11H11Cl2NO2. The average molecular weight is 260 g/mol. The molecule has 0 radical (unpaired) electrons. The van der Waals surface area contributed by atoms with E-state index < -0.39 is 0 Å². The maximum absolute atomic E-state index is 11.6. The van der Waals surface area contributed by atoms with Crippen molar-refractivity contribution in [3.63, 3.8) is 0 Å². The van der Waals surface area contributed by atoms with Crippen LogP contribution in [0.4, 0.5) is 5.69 Å². The molecule has 0 atom stereocenters. The predicted octanol–water partition coefficient (Wildman–Crippen LogP) is 2.94. The molecule has 0 saturated carbocycles. The number of hydrogen-bond donors (Lipinski definition) is 0. The van der Waals surface area contributed by atoms with Gasteiger partial charge in [-0.25, -0.2) is 0 Å². The molecule has 0 spiro atoms. The van der Waals surface area contributed by atoms with Gasteiger partial charge in [0, 0.05) is 12.1 Å². The molecule has 86 valence electrons. The summed E-state index contributed by atoms with van der Waals surface area (Å²) >= 11 is 11.7. The molecule has 0 fully saturated rings. The number of carbonyl (C=O) groups is 2. The Morgan fingerprint density at radius 3 is 2.44 bits per heavy atom. The Hall–Kier alpha value is -1.06. The summed E-state index contributed by atoms with van der Waals surface area (Å²) in [5, 5.41) is 0.882. The molecule has 16 heavy (non-hydrogen) atoms. The standard InChI is InChI=1S/C11H11Cl2NO2/c1-7(15)5-11(16)14(2)10-4-3-8(12)6-9(10)13/h3-4,6H,5H2,1-2H3. The fourth-order valence-corrected chi connectivity index (χ4v) is 1.75. The number of amides is 1. The highest BCUT2D eigenvalue weighted by Gasteiger charge is 2.15. The van der Waals surface area contributed by atoms with Crippen LogP contribution in [0.15, 0.2) is 18.2 Å². The van der Waals surface area contributed by atoms with Crippen LogP contribution in [0.2, 0.25) is 10.0 Å². The quantitative estimate of drug-likeness (QED) is 0.783. The van der Waals surface area contributed by atoms with E-state index in [0.29, 0.717) is 15.7 Å². The summed E-state index contributed by atoms with van der Waals surface area (Å²) in [6, 6.07) is 4.83. The Labute approximate surface area is 104 Å². The number of nitrogens with zero attached hydrogens (tertiary/aromatic N) is 1. The van der Waals surface area contributed by atoms with E-state index in [1.165, 1.54) is 11.8 Å². The monoisotopic (exact) mass is 259 g/mol. The van der Waals surface area contributed by atoms with Crippen molar-refractivity contribution in [2.24, 2.45) is 0 Å². The molecule has 1 aromatic carbocycles. The highest BCUT2D eigenvalue weighted by atomic mass is 35.5. The Kier molecular flexibility index (Phi) is 4.33. The van der Waals surface area contributed by atoms with Gasteiger partial charge in [0.1, 0.15) is 5.78 Å². The van der Waals surface area contributed by atoms with Gasteiger partial charge in [0.2, 0.25) is 5.91 Å². The summed E-state index contributed by atoms with van der Waals surface area (Å²) in [6.45, 7) is 1.37. The minimum absolute atomic E-state index is 0.130. The molecule has 0 bridgehead atoms. The topological polar surface area (TPSA) is 37.4 Å². The van der Waals surface area contributed by atoms with Crippen LogP contribution in [0.5, 0.6) is 0 Å². The lowest BCUT2D eigenvalue weighted by Gasteiger charge is -2.18. The first kappa shape index (κ1) is 13.0. The van der Waals surface area contributed by atoms with Crippen LogP contribution in [0.25, 0.3) is 0 Å². The predicted molar refractivity (Wildman–Crippen MR) is 65.2 cm³/mol. The SMILES string of the molecule is CC(=O)CC(=O)N(C)c1ccc(Cl)cc1Cl. The average Bonchev–Trinajstić information content (AvgIpc) is 2.15. The maximum atomic E-state index is 11.6. The second kappa shape index (κ2) is 5.32. The Balaban J connectivity index is 2.91. The van der Waals surface area contributed by atoms with Crippen LogP contribution in [0.3, 0.4) is 0 Å². The van der Waals surface area contributed by atoms with E-state index in [2.05, 4.69) is 0 Å². The summed E-state index contributed by atoms with van der Waals surface area (Å²) in [7, 11) is 1.57. The molecule has 0 N–H and O–H groups in total. The third-order valence-corrected chi connectivity index (χ3v) is 2.58. The third-order valence-electron chi connectivity index (χ3n) is 2.05. The molecule has 0 aliphatic heterocycles. The zero-order valence-corrected chi connectivity index (χ0v) is 10.5. The van der Waals surface area contributed by atoms with E-state index in [0.717, 1.165) is 0 Å². The largest absolute Gasteiger partial charge is 0.314 e. The van der Waals surface area contributed by atoms with Crippen molar-refractivity contribution in [2.45, 2.75) is 13.3 Å². The maximum Gasteiger partial charge on any atom is 0.234 e. The summed E-state index contributed by atoms with van der Waals surface area (Å²) in [6.07, 6.45) is -0.130. The van der Waals surface area contributed by atoms with E-state index in [1.54, 1.807) is 25.2 Å². The van der Waals surface area contributed by atoms with Gasteiger partial charge >= 0.3 is 0 Å². The van der Waals surface area contributed by atoms with E-state index >= 15 is 0 Å². The molecule has 1 aromatic rings. The molecule has 5 heteroatoms. The number of rotatable bonds is 3. The van der Waals surface area contributed by atoms with Crippen LogP contribution in [0.1, 0.15) is 13.3 Å². The minimum atomic E-state index is -0.295. The van der Waals surface area contributed by atoms with E-state index in [4.69, 9.17) is 23.2 Å². The fraction of sp³-hybridized carbons (Fsp3) is 0.273. The Bertz CT molecular complexity index is 432.